The second kappa shape index (κ2) is 4.35. The Hall–Kier alpha value is -2.50. The van der Waals surface area contributed by atoms with Gasteiger partial charge in [-0.2, -0.15) is 0 Å². The second-order valence-electron chi connectivity index (χ2n) is 2.89. The summed E-state index contributed by atoms with van der Waals surface area (Å²) in [4.78, 5) is 19.7. The maximum Gasteiger partial charge on any atom is 0.346 e. The van der Waals surface area contributed by atoms with Crippen LogP contribution < -0.4 is 0 Å². The van der Waals surface area contributed by atoms with E-state index < -0.39 is 21.2 Å². The largest absolute Gasteiger partial charge is 0.346 e. The highest BCUT2D eigenvalue weighted by Gasteiger charge is 2.25. The first-order valence-corrected chi connectivity index (χ1v) is 4.23. The van der Waals surface area contributed by atoms with Crippen LogP contribution in [0.15, 0.2) is 25.3 Å². The minimum Gasteiger partial charge on any atom is -0.258 e. The minimum atomic E-state index is -0.794. The van der Waals surface area contributed by atoms with Crippen LogP contribution in [0.3, 0.4) is 0 Å². The molecule has 6 heteroatoms. The molecular formula is C10H8N2O4. The number of rotatable bonds is 4. The number of nitro benzene ring substituents is 2. The fourth-order valence-corrected chi connectivity index (χ4v) is 1.26. The number of hydrogen-bond donors (Lipinski definition) is 0. The number of nitrogens with zero attached hydrogens (tertiary/aromatic N) is 2. The van der Waals surface area contributed by atoms with E-state index in [-0.39, 0.29) is 0 Å². The summed E-state index contributed by atoms with van der Waals surface area (Å²) in [7, 11) is 0. The molecular weight excluding hydrogens is 212 g/mol. The van der Waals surface area contributed by atoms with Gasteiger partial charge in [0, 0.05) is 12.1 Å². The number of hydrogen-bond acceptors (Lipinski definition) is 4. The van der Waals surface area contributed by atoms with Crippen molar-refractivity contribution in [2.75, 3.05) is 0 Å². The summed E-state index contributed by atoms with van der Waals surface area (Å²) >= 11 is 0. The van der Waals surface area contributed by atoms with Gasteiger partial charge in [-0.1, -0.05) is 25.3 Å². The quantitative estimate of drug-likeness (QED) is 0.576. The van der Waals surface area contributed by atoms with Crippen LogP contribution in [0.25, 0.3) is 12.2 Å². The maximum atomic E-state index is 10.6. The third-order valence-corrected chi connectivity index (χ3v) is 2.01. The van der Waals surface area contributed by atoms with Crippen LogP contribution in [-0.4, -0.2) is 9.85 Å². The summed E-state index contributed by atoms with van der Waals surface area (Å²) in [6.07, 6.45) is 2.77. The number of nitro groups is 2. The summed E-state index contributed by atoms with van der Waals surface area (Å²) in [5.41, 5.74) is -0.226. The first-order valence-electron chi connectivity index (χ1n) is 4.23. The van der Waals surface area contributed by atoms with Gasteiger partial charge in [-0.15, -0.1) is 0 Å². The lowest BCUT2D eigenvalue weighted by Gasteiger charge is -2.01. The molecule has 0 N–H and O–H groups in total. The van der Waals surface area contributed by atoms with Gasteiger partial charge in [0.05, 0.1) is 9.85 Å². The average Bonchev–Trinajstić information content (AvgIpc) is 2.26. The van der Waals surface area contributed by atoms with Crippen molar-refractivity contribution in [1.82, 2.24) is 0 Å². The van der Waals surface area contributed by atoms with Crippen LogP contribution in [0.4, 0.5) is 11.4 Å². The van der Waals surface area contributed by atoms with Crippen molar-refractivity contribution in [1.29, 1.82) is 0 Å². The lowest BCUT2D eigenvalue weighted by Crippen LogP contribution is -1.98. The molecule has 0 aliphatic rings. The fraction of sp³-hybridized carbons (Fsp3) is 0. The molecule has 0 amide bonds. The van der Waals surface area contributed by atoms with Gasteiger partial charge < -0.3 is 0 Å². The van der Waals surface area contributed by atoms with Gasteiger partial charge in [-0.3, -0.25) is 20.2 Å². The van der Waals surface area contributed by atoms with E-state index in [0.29, 0.717) is 11.1 Å². The standard InChI is InChI=1S/C10H8N2O4/c1-3-7-5-9(11(13)14)10(12(15)16)6-8(7)4-2/h3-6H,1-2H2. The van der Waals surface area contributed by atoms with Gasteiger partial charge in [0.15, 0.2) is 0 Å². The smallest absolute Gasteiger partial charge is 0.258 e. The van der Waals surface area contributed by atoms with Gasteiger partial charge in [-0.25, -0.2) is 0 Å². The molecule has 6 nitrogen and oxygen atoms in total. The molecule has 0 bridgehead atoms. The van der Waals surface area contributed by atoms with Crippen molar-refractivity contribution >= 4 is 23.5 Å². The highest BCUT2D eigenvalue weighted by molar-refractivity contribution is 5.71. The summed E-state index contributed by atoms with van der Waals surface area (Å²) in [6, 6.07) is 2.23. The molecule has 0 aliphatic carbocycles. The van der Waals surface area contributed by atoms with Gasteiger partial charge in [0.25, 0.3) is 0 Å². The monoisotopic (exact) mass is 220 g/mol. The van der Waals surface area contributed by atoms with Crippen LogP contribution in [-0.2, 0) is 0 Å². The zero-order valence-corrected chi connectivity index (χ0v) is 8.25. The Labute approximate surface area is 90.8 Å². The molecule has 0 heterocycles. The molecule has 1 aromatic carbocycles. The molecule has 1 rings (SSSR count). The SMILES string of the molecule is C=Cc1cc([N+](=O)[O-])c([N+](=O)[O-])cc1C=C. The van der Waals surface area contributed by atoms with Crippen molar-refractivity contribution in [2.24, 2.45) is 0 Å². The van der Waals surface area contributed by atoms with E-state index in [1.165, 1.54) is 12.2 Å². The highest BCUT2D eigenvalue weighted by atomic mass is 16.6. The van der Waals surface area contributed by atoms with Crippen molar-refractivity contribution in [3.8, 4) is 0 Å². The van der Waals surface area contributed by atoms with Gasteiger partial charge >= 0.3 is 11.4 Å². The zero-order valence-electron chi connectivity index (χ0n) is 8.25. The number of benzene rings is 1. The normalized spacial score (nSPS) is 9.50. The third-order valence-electron chi connectivity index (χ3n) is 2.01. The van der Waals surface area contributed by atoms with Gasteiger partial charge in [-0.05, 0) is 11.1 Å². The lowest BCUT2D eigenvalue weighted by atomic mass is 10.1. The van der Waals surface area contributed by atoms with Crippen molar-refractivity contribution in [3.63, 3.8) is 0 Å². The van der Waals surface area contributed by atoms with Crippen LogP contribution in [0.5, 0.6) is 0 Å². The Morgan fingerprint density at radius 3 is 1.44 bits per heavy atom. The zero-order chi connectivity index (χ0) is 12.3. The Balaban J connectivity index is 3.59. The van der Waals surface area contributed by atoms with E-state index in [2.05, 4.69) is 13.2 Å². The third kappa shape index (κ3) is 1.95. The van der Waals surface area contributed by atoms with E-state index in [1.54, 1.807) is 0 Å². The molecule has 0 atom stereocenters. The van der Waals surface area contributed by atoms with Crippen LogP contribution >= 0.6 is 0 Å². The Morgan fingerprint density at radius 2 is 1.25 bits per heavy atom. The van der Waals surface area contributed by atoms with Crippen molar-refractivity contribution < 1.29 is 9.85 Å². The molecule has 0 saturated heterocycles. The van der Waals surface area contributed by atoms with Gasteiger partial charge in [0.1, 0.15) is 0 Å². The van der Waals surface area contributed by atoms with Crippen molar-refractivity contribution in [2.45, 2.75) is 0 Å². The minimum absolute atomic E-state index is 0.437. The molecule has 82 valence electrons. The Morgan fingerprint density at radius 1 is 0.938 bits per heavy atom. The van der Waals surface area contributed by atoms with E-state index in [1.807, 2.05) is 0 Å². The Kier molecular flexibility index (Phi) is 3.14. The van der Waals surface area contributed by atoms with E-state index in [9.17, 15) is 20.2 Å². The van der Waals surface area contributed by atoms with Gasteiger partial charge in [0.2, 0.25) is 0 Å². The second-order valence-corrected chi connectivity index (χ2v) is 2.89. The van der Waals surface area contributed by atoms with Crippen molar-refractivity contribution in [3.05, 3.63) is 56.6 Å². The molecule has 0 spiro atoms. The predicted molar refractivity (Wildman–Crippen MR) is 59.9 cm³/mol. The summed E-state index contributed by atoms with van der Waals surface area (Å²) < 4.78 is 0. The molecule has 16 heavy (non-hydrogen) atoms. The lowest BCUT2D eigenvalue weighted by molar-refractivity contribution is -0.422. The maximum absolute atomic E-state index is 10.6. The summed E-state index contributed by atoms with van der Waals surface area (Å²) in [6.45, 7) is 6.95. The molecule has 0 fully saturated rings. The first kappa shape index (κ1) is 11.6. The predicted octanol–water partition coefficient (Wildman–Crippen LogP) is 2.79. The van der Waals surface area contributed by atoms with E-state index >= 15 is 0 Å². The molecule has 0 aromatic heterocycles. The molecule has 0 aliphatic heterocycles. The topological polar surface area (TPSA) is 86.3 Å². The van der Waals surface area contributed by atoms with E-state index in [0.717, 1.165) is 12.1 Å². The first-order chi connectivity index (χ1) is 7.51. The highest BCUT2D eigenvalue weighted by Crippen LogP contribution is 2.31. The molecule has 0 saturated carbocycles. The molecule has 0 unspecified atom stereocenters. The Bertz CT molecular complexity index is 449. The van der Waals surface area contributed by atoms with Crippen LogP contribution in [0.2, 0.25) is 0 Å². The summed E-state index contributed by atoms with van der Waals surface area (Å²) in [5.74, 6) is 0. The van der Waals surface area contributed by atoms with Crippen LogP contribution in [0.1, 0.15) is 11.1 Å². The molecule has 0 radical (unpaired) electrons. The van der Waals surface area contributed by atoms with Crippen LogP contribution in [0, 0.1) is 20.2 Å². The summed E-state index contributed by atoms with van der Waals surface area (Å²) in [5, 5.41) is 21.3. The fourth-order valence-electron chi connectivity index (χ4n) is 1.26. The average molecular weight is 220 g/mol. The molecule has 1 aromatic rings. The van der Waals surface area contributed by atoms with E-state index in [4.69, 9.17) is 0 Å².